The molecule has 0 aliphatic carbocycles. The van der Waals surface area contributed by atoms with Crippen LogP contribution in [0.15, 0.2) is 37.2 Å². The molecule has 0 spiro atoms. The fourth-order valence-electron chi connectivity index (χ4n) is 3.17. The molecule has 0 atom stereocenters. The van der Waals surface area contributed by atoms with E-state index in [-0.39, 0.29) is 0 Å². The van der Waals surface area contributed by atoms with Gasteiger partial charge in [0.1, 0.15) is 11.5 Å². The molecule has 25 heavy (non-hydrogen) atoms. The van der Waals surface area contributed by atoms with Gasteiger partial charge in [0, 0.05) is 62.8 Å². The van der Waals surface area contributed by atoms with Gasteiger partial charge in [-0.2, -0.15) is 5.10 Å². The quantitative estimate of drug-likeness (QED) is 0.772. The molecule has 1 aliphatic rings. The number of methoxy groups -OCH3 is 2. The van der Waals surface area contributed by atoms with E-state index in [2.05, 4.69) is 27.5 Å². The van der Waals surface area contributed by atoms with Crippen molar-refractivity contribution in [3.05, 3.63) is 48.3 Å². The van der Waals surface area contributed by atoms with E-state index in [0.29, 0.717) is 0 Å². The Labute approximate surface area is 149 Å². The van der Waals surface area contributed by atoms with Gasteiger partial charge in [-0.05, 0) is 18.2 Å². The number of benzene rings is 1. The van der Waals surface area contributed by atoms with Crippen LogP contribution in [0.1, 0.15) is 11.1 Å². The van der Waals surface area contributed by atoms with E-state index < -0.39 is 0 Å². The molecule has 0 saturated carbocycles. The van der Waals surface area contributed by atoms with Gasteiger partial charge < -0.3 is 9.47 Å². The fourth-order valence-corrected chi connectivity index (χ4v) is 3.17. The van der Waals surface area contributed by atoms with Crippen LogP contribution in [0.3, 0.4) is 0 Å². The second-order valence-electron chi connectivity index (χ2n) is 6.24. The van der Waals surface area contributed by atoms with Gasteiger partial charge in [-0.15, -0.1) is 0 Å². The van der Waals surface area contributed by atoms with E-state index in [1.54, 1.807) is 25.1 Å². The molecule has 6 heteroatoms. The lowest BCUT2D eigenvalue weighted by molar-refractivity contribution is 0.121. The molecule has 0 N–H and O–H groups in total. The summed E-state index contributed by atoms with van der Waals surface area (Å²) in [5.41, 5.74) is 2.39. The summed E-state index contributed by atoms with van der Waals surface area (Å²) in [5, 5.41) is 4.24. The van der Waals surface area contributed by atoms with Crippen molar-refractivity contribution >= 4 is 6.20 Å². The van der Waals surface area contributed by atoms with E-state index in [0.717, 1.165) is 50.8 Å². The number of piperazine rings is 1. The van der Waals surface area contributed by atoms with Crippen molar-refractivity contribution in [1.29, 1.82) is 0 Å². The van der Waals surface area contributed by atoms with Gasteiger partial charge in [-0.25, -0.2) is 4.68 Å². The van der Waals surface area contributed by atoms with E-state index in [1.807, 2.05) is 24.5 Å². The Balaban J connectivity index is 1.54. The summed E-state index contributed by atoms with van der Waals surface area (Å²) in [4.78, 5) is 4.92. The van der Waals surface area contributed by atoms with Gasteiger partial charge in [0.2, 0.25) is 0 Å². The zero-order valence-corrected chi connectivity index (χ0v) is 15.0. The van der Waals surface area contributed by atoms with Crippen molar-refractivity contribution in [3.63, 3.8) is 0 Å². The third-order valence-electron chi connectivity index (χ3n) is 4.59. The van der Waals surface area contributed by atoms with Crippen molar-refractivity contribution in [2.45, 2.75) is 13.1 Å². The van der Waals surface area contributed by atoms with Crippen molar-refractivity contribution in [3.8, 4) is 11.5 Å². The van der Waals surface area contributed by atoms with Crippen LogP contribution < -0.4 is 9.47 Å². The number of rotatable bonds is 7. The highest BCUT2D eigenvalue weighted by atomic mass is 16.5. The lowest BCUT2D eigenvalue weighted by atomic mass is 10.1. The molecular formula is C19H26N4O2. The number of hydrogen-bond acceptors (Lipinski definition) is 5. The largest absolute Gasteiger partial charge is 0.497 e. The standard InChI is InChI=1S/C19H26N4O2/c1-4-23-14-16(12-20-23)13-21-7-9-22(10-8-21)15-17-11-18(24-2)5-6-19(17)25-3/h4-6,11-12,14H,1,7-10,13,15H2,2-3H3. The van der Waals surface area contributed by atoms with E-state index in [9.17, 15) is 0 Å². The van der Waals surface area contributed by atoms with Crippen LogP contribution in [0.25, 0.3) is 6.20 Å². The van der Waals surface area contributed by atoms with Crippen LogP contribution >= 0.6 is 0 Å². The number of aromatic nitrogens is 2. The number of ether oxygens (including phenoxy) is 2. The van der Waals surface area contributed by atoms with Gasteiger partial charge in [0.15, 0.2) is 0 Å². The topological polar surface area (TPSA) is 42.8 Å². The second kappa shape index (κ2) is 8.18. The molecule has 1 saturated heterocycles. The summed E-state index contributed by atoms with van der Waals surface area (Å²) >= 11 is 0. The summed E-state index contributed by atoms with van der Waals surface area (Å²) in [6, 6.07) is 5.97. The molecule has 0 unspecified atom stereocenters. The van der Waals surface area contributed by atoms with Crippen LogP contribution in [-0.2, 0) is 13.1 Å². The summed E-state index contributed by atoms with van der Waals surface area (Å²) in [7, 11) is 3.41. The Morgan fingerprint density at radius 3 is 2.40 bits per heavy atom. The molecule has 2 heterocycles. The normalized spacial score (nSPS) is 15.9. The zero-order valence-electron chi connectivity index (χ0n) is 15.0. The van der Waals surface area contributed by atoms with Crippen LogP contribution in [0.2, 0.25) is 0 Å². The summed E-state index contributed by atoms with van der Waals surface area (Å²) in [5.74, 6) is 1.79. The smallest absolute Gasteiger partial charge is 0.123 e. The second-order valence-corrected chi connectivity index (χ2v) is 6.24. The predicted octanol–water partition coefficient (Wildman–Crippen LogP) is 2.32. The molecule has 1 fully saturated rings. The zero-order chi connectivity index (χ0) is 17.6. The molecule has 1 aromatic heterocycles. The average molecular weight is 342 g/mol. The monoisotopic (exact) mass is 342 g/mol. The minimum absolute atomic E-state index is 0.869. The van der Waals surface area contributed by atoms with Gasteiger partial charge in [0.05, 0.1) is 20.4 Å². The summed E-state index contributed by atoms with van der Waals surface area (Å²) in [6.45, 7) is 9.71. The first-order valence-corrected chi connectivity index (χ1v) is 8.53. The summed E-state index contributed by atoms with van der Waals surface area (Å²) < 4.78 is 12.6. The fraction of sp³-hybridized carbons (Fsp3) is 0.421. The molecule has 1 aliphatic heterocycles. The molecule has 3 rings (SSSR count). The highest BCUT2D eigenvalue weighted by molar-refractivity contribution is 5.40. The maximum absolute atomic E-state index is 5.49. The van der Waals surface area contributed by atoms with Crippen molar-refractivity contribution in [2.75, 3.05) is 40.4 Å². The molecule has 0 amide bonds. The van der Waals surface area contributed by atoms with Gasteiger partial charge in [-0.1, -0.05) is 6.58 Å². The Morgan fingerprint density at radius 1 is 1.08 bits per heavy atom. The van der Waals surface area contributed by atoms with Crippen molar-refractivity contribution in [2.24, 2.45) is 0 Å². The van der Waals surface area contributed by atoms with Crippen LogP contribution in [-0.4, -0.2) is 60.0 Å². The molecular weight excluding hydrogens is 316 g/mol. The molecule has 134 valence electrons. The third-order valence-corrected chi connectivity index (χ3v) is 4.59. The first-order chi connectivity index (χ1) is 12.2. The van der Waals surface area contributed by atoms with Gasteiger partial charge in [0.25, 0.3) is 0 Å². The average Bonchev–Trinajstić information content (AvgIpc) is 3.11. The maximum Gasteiger partial charge on any atom is 0.123 e. The Bertz CT molecular complexity index is 705. The van der Waals surface area contributed by atoms with Crippen LogP contribution in [0.4, 0.5) is 0 Å². The molecule has 2 aromatic rings. The minimum atomic E-state index is 0.869. The lowest BCUT2D eigenvalue weighted by Gasteiger charge is -2.34. The van der Waals surface area contributed by atoms with Gasteiger partial charge in [-0.3, -0.25) is 9.80 Å². The van der Waals surface area contributed by atoms with Crippen molar-refractivity contribution < 1.29 is 9.47 Å². The first-order valence-electron chi connectivity index (χ1n) is 8.53. The Kier molecular flexibility index (Phi) is 5.73. The Hall–Kier alpha value is -2.31. The SMILES string of the molecule is C=Cn1cc(CN2CCN(Cc3cc(OC)ccc3OC)CC2)cn1. The molecule has 1 aromatic carbocycles. The number of nitrogens with zero attached hydrogens (tertiary/aromatic N) is 4. The molecule has 0 radical (unpaired) electrons. The highest BCUT2D eigenvalue weighted by Gasteiger charge is 2.19. The van der Waals surface area contributed by atoms with E-state index in [1.165, 1.54) is 11.1 Å². The highest BCUT2D eigenvalue weighted by Crippen LogP contribution is 2.25. The molecule has 0 bridgehead atoms. The maximum atomic E-state index is 5.49. The third kappa shape index (κ3) is 4.41. The van der Waals surface area contributed by atoms with E-state index in [4.69, 9.17) is 9.47 Å². The molecule has 6 nitrogen and oxygen atoms in total. The van der Waals surface area contributed by atoms with Crippen LogP contribution in [0, 0.1) is 0 Å². The lowest BCUT2D eigenvalue weighted by Crippen LogP contribution is -2.45. The minimum Gasteiger partial charge on any atom is -0.497 e. The summed E-state index contributed by atoms with van der Waals surface area (Å²) in [6.07, 6.45) is 5.65. The van der Waals surface area contributed by atoms with Crippen molar-refractivity contribution in [1.82, 2.24) is 19.6 Å². The Morgan fingerprint density at radius 2 is 1.80 bits per heavy atom. The number of hydrogen-bond donors (Lipinski definition) is 0. The van der Waals surface area contributed by atoms with Crippen LogP contribution in [0.5, 0.6) is 11.5 Å². The predicted molar refractivity (Wildman–Crippen MR) is 98.7 cm³/mol. The first kappa shape index (κ1) is 17.5. The van der Waals surface area contributed by atoms with Gasteiger partial charge >= 0.3 is 0 Å². The van der Waals surface area contributed by atoms with E-state index >= 15 is 0 Å².